The Morgan fingerprint density at radius 1 is 1.22 bits per heavy atom. The Morgan fingerprint density at radius 3 is 2.78 bits per heavy atom. The van der Waals surface area contributed by atoms with Crippen molar-refractivity contribution >= 4 is 23.2 Å². The molecular weight excluding hydrogens is 296 g/mol. The molecule has 0 atom stereocenters. The number of nitrogens with zero attached hydrogens (tertiary/aromatic N) is 3. The van der Waals surface area contributed by atoms with Crippen LogP contribution < -0.4 is 5.32 Å². The highest BCUT2D eigenvalue weighted by atomic mass is 16.5. The first-order valence-corrected chi connectivity index (χ1v) is 6.96. The number of aromatic nitrogens is 3. The molecular formula is C16H14N4O3. The number of benzene rings is 1. The second kappa shape index (κ2) is 6.27. The zero-order valence-electron chi connectivity index (χ0n) is 12.4. The van der Waals surface area contributed by atoms with Gasteiger partial charge in [-0.2, -0.15) is 5.10 Å². The predicted octanol–water partition coefficient (Wildman–Crippen LogP) is 1.83. The molecule has 7 nitrogen and oxygen atoms in total. The van der Waals surface area contributed by atoms with E-state index in [0.29, 0.717) is 17.0 Å². The minimum Gasteiger partial charge on any atom is -0.452 e. The lowest BCUT2D eigenvalue weighted by Crippen LogP contribution is -2.21. The van der Waals surface area contributed by atoms with Gasteiger partial charge in [-0.15, -0.1) is 0 Å². The van der Waals surface area contributed by atoms with Crippen molar-refractivity contribution in [1.82, 2.24) is 14.6 Å². The molecule has 2 heterocycles. The maximum Gasteiger partial charge on any atom is 0.342 e. The van der Waals surface area contributed by atoms with Gasteiger partial charge in [0.05, 0.1) is 17.5 Å². The largest absolute Gasteiger partial charge is 0.452 e. The van der Waals surface area contributed by atoms with Gasteiger partial charge in [-0.05, 0) is 19.1 Å². The first-order valence-electron chi connectivity index (χ1n) is 6.96. The van der Waals surface area contributed by atoms with E-state index in [4.69, 9.17) is 4.74 Å². The van der Waals surface area contributed by atoms with Crippen LogP contribution in [0.15, 0.2) is 48.8 Å². The highest BCUT2D eigenvalue weighted by Gasteiger charge is 2.16. The van der Waals surface area contributed by atoms with Crippen LogP contribution >= 0.6 is 0 Å². The van der Waals surface area contributed by atoms with Crippen molar-refractivity contribution in [3.63, 3.8) is 0 Å². The summed E-state index contributed by atoms with van der Waals surface area (Å²) in [6, 6.07) is 10.7. The van der Waals surface area contributed by atoms with E-state index < -0.39 is 11.9 Å². The normalized spacial score (nSPS) is 10.5. The molecule has 0 radical (unpaired) electrons. The number of amides is 1. The van der Waals surface area contributed by atoms with E-state index in [0.717, 1.165) is 0 Å². The quantitative estimate of drug-likeness (QED) is 0.743. The van der Waals surface area contributed by atoms with Crippen molar-refractivity contribution in [2.45, 2.75) is 6.92 Å². The fraction of sp³-hybridized carbons (Fsp3) is 0.125. The van der Waals surface area contributed by atoms with E-state index in [1.165, 1.54) is 6.20 Å². The number of carbonyl (C=O) groups is 2. The SMILES string of the molecule is Cc1c(C(=O)OCC(=O)Nc2ccccc2)cnc2ccnn12. The Kier molecular flexibility index (Phi) is 4.01. The number of rotatable bonds is 4. The number of hydrogen-bond donors (Lipinski definition) is 1. The van der Waals surface area contributed by atoms with E-state index in [1.807, 2.05) is 6.07 Å². The van der Waals surface area contributed by atoms with Crippen LogP contribution in [0.5, 0.6) is 0 Å². The van der Waals surface area contributed by atoms with E-state index in [1.54, 1.807) is 48.0 Å². The first kappa shape index (κ1) is 14.7. The van der Waals surface area contributed by atoms with Crippen molar-refractivity contribution in [2.24, 2.45) is 0 Å². The maximum atomic E-state index is 12.1. The molecule has 1 aromatic carbocycles. The van der Waals surface area contributed by atoms with Crippen LogP contribution in [0, 0.1) is 6.92 Å². The minimum atomic E-state index is -0.615. The Hall–Kier alpha value is -3.22. The van der Waals surface area contributed by atoms with Crippen LogP contribution in [0.1, 0.15) is 16.1 Å². The van der Waals surface area contributed by atoms with Gasteiger partial charge in [-0.3, -0.25) is 4.79 Å². The molecule has 0 unspecified atom stereocenters. The van der Waals surface area contributed by atoms with Crippen LogP contribution in [0.3, 0.4) is 0 Å². The van der Waals surface area contributed by atoms with Gasteiger partial charge < -0.3 is 10.1 Å². The smallest absolute Gasteiger partial charge is 0.342 e. The third kappa shape index (κ3) is 3.18. The molecule has 0 bridgehead atoms. The van der Waals surface area contributed by atoms with Gasteiger partial charge in [0.2, 0.25) is 0 Å². The second-order valence-electron chi connectivity index (χ2n) is 4.85. The molecule has 7 heteroatoms. The van der Waals surface area contributed by atoms with Gasteiger partial charge in [0.1, 0.15) is 0 Å². The van der Waals surface area contributed by atoms with Gasteiger partial charge in [0, 0.05) is 18.0 Å². The van der Waals surface area contributed by atoms with Crippen LogP contribution in [0.4, 0.5) is 5.69 Å². The summed E-state index contributed by atoms with van der Waals surface area (Å²) < 4.78 is 6.58. The number of anilines is 1. The highest BCUT2D eigenvalue weighted by Crippen LogP contribution is 2.10. The summed E-state index contributed by atoms with van der Waals surface area (Å²) in [4.78, 5) is 28.0. The third-order valence-corrected chi connectivity index (χ3v) is 3.27. The molecule has 1 N–H and O–H groups in total. The number of esters is 1. The fourth-order valence-electron chi connectivity index (χ4n) is 2.12. The Bertz CT molecular complexity index is 858. The predicted molar refractivity (Wildman–Crippen MR) is 83.1 cm³/mol. The van der Waals surface area contributed by atoms with Gasteiger partial charge >= 0.3 is 5.97 Å². The summed E-state index contributed by atoms with van der Waals surface area (Å²) in [5.74, 6) is -1.02. The Morgan fingerprint density at radius 2 is 2.00 bits per heavy atom. The van der Waals surface area contributed by atoms with Crippen molar-refractivity contribution in [1.29, 1.82) is 0 Å². The molecule has 0 fully saturated rings. The molecule has 2 aromatic heterocycles. The molecule has 0 saturated carbocycles. The fourth-order valence-corrected chi connectivity index (χ4v) is 2.12. The highest BCUT2D eigenvalue weighted by molar-refractivity contribution is 5.95. The standard InChI is InChI=1S/C16H14N4O3/c1-11-13(9-17-14-7-8-18-20(11)14)16(22)23-10-15(21)19-12-5-3-2-4-6-12/h2-9H,10H2,1H3,(H,19,21). The van der Waals surface area contributed by atoms with E-state index in [2.05, 4.69) is 15.4 Å². The molecule has 3 aromatic rings. The van der Waals surface area contributed by atoms with E-state index >= 15 is 0 Å². The zero-order chi connectivity index (χ0) is 16.2. The van der Waals surface area contributed by atoms with Crippen LogP contribution in [0.2, 0.25) is 0 Å². The lowest BCUT2D eigenvalue weighted by molar-refractivity contribution is -0.119. The summed E-state index contributed by atoms with van der Waals surface area (Å²) in [5, 5.41) is 6.72. The number of para-hydroxylation sites is 1. The van der Waals surface area contributed by atoms with E-state index in [-0.39, 0.29) is 12.2 Å². The molecule has 0 aliphatic heterocycles. The lowest BCUT2D eigenvalue weighted by atomic mass is 10.2. The van der Waals surface area contributed by atoms with Crippen molar-refractivity contribution in [2.75, 3.05) is 11.9 Å². The average Bonchev–Trinajstić information content (AvgIpc) is 3.03. The van der Waals surface area contributed by atoms with Crippen molar-refractivity contribution in [3.8, 4) is 0 Å². The third-order valence-electron chi connectivity index (χ3n) is 3.27. The number of carbonyl (C=O) groups excluding carboxylic acids is 2. The number of hydrogen-bond acceptors (Lipinski definition) is 5. The lowest BCUT2D eigenvalue weighted by Gasteiger charge is -2.08. The Balaban J connectivity index is 1.64. The van der Waals surface area contributed by atoms with Gasteiger partial charge in [-0.25, -0.2) is 14.3 Å². The number of nitrogens with one attached hydrogen (secondary N) is 1. The molecule has 0 saturated heterocycles. The molecule has 116 valence electrons. The summed E-state index contributed by atoms with van der Waals surface area (Å²) >= 11 is 0. The zero-order valence-corrected chi connectivity index (χ0v) is 12.4. The second-order valence-corrected chi connectivity index (χ2v) is 4.85. The van der Waals surface area contributed by atoms with E-state index in [9.17, 15) is 9.59 Å². The maximum absolute atomic E-state index is 12.1. The monoisotopic (exact) mass is 310 g/mol. The average molecular weight is 310 g/mol. The molecule has 0 aliphatic rings. The van der Waals surface area contributed by atoms with Gasteiger partial charge in [-0.1, -0.05) is 18.2 Å². The Labute approximate surface area is 131 Å². The summed E-state index contributed by atoms with van der Waals surface area (Å²) in [6.07, 6.45) is 3.02. The summed E-state index contributed by atoms with van der Waals surface area (Å²) in [6.45, 7) is 1.37. The molecule has 1 amide bonds. The molecule has 23 heavy (non-hydrogen) atoms. The van der Waals surface area contributed by atoms with Gasteiger partial charge in [0.25, 0.3) is 5.91 Å². The van der Waals surface area contributed by atoms with Crippen molar-refractivity contribution in [3.05, 3.63) is 60.0 Å². The van der Waals surface area contributed by atoms with Crippen LogP contribution in [-0.4, -0.2) is 33.1 Å². The van der Waals surface area contributed by atoms with Crippen LogP contribution in [-0.2, 0) is 9.53 Å². The summed E-state index contributed by atoms with van der Waals surface area (Å²) in [7, 11) is 0. The van der Waals surface area contributed by atoms with Crippen LogP contribution in [0.25, 0.3) is 5.65 Å². The minimum absolute atomic E-state index is 0.272. The molecule has 0 aliphatic carbocycles. The summed E-state index contributed by atoms with van der Waals surface area (Å²) in [5.41, 5.74) is 2.16. The van der Waals surface area contributed by atoms with Crippen molar-refractivity contribution < 1.29 is 14.3 Å². The topological polar surface area (TPSA) is 85.6 Å². The number of ether oxygens (including phenoxy) is 1. The molecule has 0 spiro atoms. The first-order chi connectivity index (χ1) is 11.1. The number of aryl methyl sites for hydroxylation is 1. The molecule has 3 rings (SSSR count). The van der Waals surface area contributed by atoms with Gasteiger partial charge in [0.15, 0.2) is 12.3 Å². The number of fused-ring (bicyclic) bond motifs is 1.